The van der Waals surface area contributed by atoms with E-state index in [1.807, 2.05) is 39.0 Å². The fourth-order valence-corrected chi connectivity index (χ4v) is 5.33. The number of aryl methyl sites for hydroxylation is 1. The van der Waals surface area contributed by atoms with Crippen LogP contribution in [0.25, 0.3) is 10.9 Å². The maximum absolute atomic E-state index is 12.8. The summed E-state index contributed by atoms with van der Waals surface area (Å²) in [5.41, 5.74) is 3.98. The van der Waals surface area contributed by atoms with E-state index >= 15 is 0 Å². The molecule has 5 rings (SSSR count). The predicted molar refractivity (Wildman–Crippen MR) is 146 cm³/mol. The van der Waals surface area contributed by atoms with E-state index in [1.165, 1.54) is 17.0 Å². The molecule has 1 aliphatic rings. The number of amides is 2. The van der Waals surface area contributed by atoms with Crippen molar-refractivity contribution in [3.8, 4) is 0 Å². The molecule has 2 heterocycles. The zero-order valence-corrected chi connectivity index (χ0v) is 21.8. The number of imide groups is 1. The number of likely N-dealkylation sites (N-methyl/N-ethyl adjacent to an activating group) is 1. The van der Waals surface area contributed by atoms with Crippen LogP contribution in [0.1, 0.15) is 40.1 Å². The van der Waals surface area contributed by atoms with Crippen LogP contribution in [0.4, 0.5) is 22.1 Å². The van der Waals surface area contributed by atoms with Crippen molar-refractivity contribution in [3.63, 3.8) is 0 Å². The number of non-ortho nitro benzene ring substituents is 1. The molecule has 0 radical (unpaired) electrons. The summed E-state index contributed by atoms with van der Waals surface area (Å²) < 4.78 is 4.29. The topological polar surface area (TPSA) is 121 Å². The number of fused-ring (bicyclic) bond motifs is 2. The van der Waals surface area contributed by atoms with Crippen molar-refractivity contribution < 1.29 is 14.5 Å². The Morgan fingerprint density at radius 3 is 2.39 bits per heavy atom. The molecule has 11 heteroatoms. The van der Waals surface area contributed by atoms with Crippen molar-refractivity contribution in [2.24, 2.45) is 10.2 Å². The Morgan fingerprint density at radius 2 is 1.76 bits per heavy atom. The van der Waals surface area contributed by atoms with E-state index < -0.39 is 4.92 Å². The number of nitrogens with zero attached hydrogens (tertiary/aromatic N) is 6. The molecular formula is C27H24N6O4S. The minimum atomic E-state index is -0.449. The van der Waals surface area contributed by atoms with E-state index in [-0.39, 0.29) is 30.1 Å². The lowest BCUT2D eigenvalue weighted by Gasteiger charge is -2.32. The number of hydrogen-bond donors (Lipinski definition) is 0. The van der Waals surface area contributed by atoms with Crippen molar-refractivity contribution >= 4 is 56.3 Å². The first-order valence-corrected chi connectivity index (χ1v) is 12.8. The summed E-state index contributed by atoms with van der Waals surface area (Å²) in [7, 11) is 0. The van der Waals surface area contributed by atoms with Crippen LogP contribution in [0, 0.1) is 17.0 Å². The lowest BCUT2D eigenvalue weighted by Crippen LogP contribution is -2.44. The molecule has 0 fully saturated rings. The lowest BCUT2D eigenvalue weighted by molar-refractivity contribution is -0.384. The number of aromatic nitrogens is 1. The normalized spacial score (nSPS) is 13.9. The number of carbonyl (C=O) groups is 2. The van der Waals surface area contributed by atoms with E-state index in [4.69, 9.17) is 0 Å². The average molecular weight is 529 g/mol. The van der Waals surface area contributed by atoms with Crippen LogP contribution in [0.15, 0.2) is 70.9 Å². The molecule has 0 bridgehead atoms. The number of azo groups is 1. The second-order valence-corrected chi connectivity index (χ2v) is 9.77. The molecule has 38 heavy (non-hydrogen) atoms. The monoisotopic (exact) mass is 528 g/mol. The Balaban J connectivity index is 1.34. The molecule has 0 spiro atoms. The van der Waals surface area contributed by atoms with Crippen LogP contribution in [0.3, 0.4) is 0 Å². The standard InChI is InChI=1S/C27H24N6O4S/c1-4-31(17(3)15-32-26(34)20-7-5-6-8-21(20)27(32)35)18-9-11-23(16(2)13-18)28-29-25-22-14-19(33(36)37)10-12-24(22)30-38-25/h5-14,17H,4,15H2,1-3H3/b29-28+. The third kappa shape index (κ3) is 4.52. The molecule has 4 aromatic rings. The molecule has 3 aromatic carbocycles. The van der Waals surface area contributed by atoms with Crippen molar-refractivity contribution in [1.82, 2.24) is 9.27 Å². The van der Waals surface area contributed by atoms with Crippen LogP contribution in [-0.4, -0.2) is 45.1 Å². The lowest BCUT2D eigenvalue weighted by atomic mass is 10.1. The number of carbonyl (C=O) groups excluding carboxylic acids is 2. The van der Waals surface area contributed by atoms with Gasteiger partial charge in [0.05, 0.1) is 27.3 Å². The smallest absolute Gasteiger partial charge is 0.270 e. The third-order valence-electron chi connectivity index (χ3n) is 6.61. The number of hydrogen-bond acceptors (Lipinski definition) is 9. The minimum absolute atomic E-state index is 0.0235. The molecule has 1 aromatic heterocycles. The highest BCUT2D eigenvalue weighted by molar-refractivity contribution is 7.11. The van der Waals surface area contributed by atoms with Crippen LogP contribution in [0.2, 0.25) is 0 Å². The van der Waals surface area contributed by atoms with E-state index in [1.54, 1.807) is 30.3 Å². The van der Waals surface area contributed by atoms with Gasteiger partial charge in [0.1, 0.15) is 0 Å². The Bertz CT molecular complexity index is 1580. The SMILES string of the molecule is CCN(c1ccc(/N=N/c2snc3ccc([N+](=O)[O-])cc23)c(C)c1)C(C)CN1C(=O)c2ccccc2C1=O. The summed E-state index contributed by atoms with van der Waals surface area (Å²) in [6.07, 6.45) is 0. The number of benzene rings is 3. The highest BCUT2D eigenvalue weighted by atomic mass is 32.1. The molecule has 0 saturated carbocycles. The number of rotatable bonds is 8. The van der Waals surface area contributed by atoms with Gasteiger partial charge in [-0.1, -0.05) is 12.1 Å². The Morgan fingerprint density at radius 1 is 1.05 bits per heavy atom. The fourth-order valence-electron chi connectivity index (χ4n) is 4.65. The maximum atomic E-state index is 12.8. The first-order valence-electron chi connectivity index (χ1n) is 12.1. The first-order chi connectivity index (χ1) is 18.3. The van der Waals surface area contributed by atoms with Gasteiger partial charge in [-0.3, -0.25) is 24.6 Å². The van der Waals surface area contributed by atoms with Crippen LogP contribution in [-0.2, 0) is 0 Å². The van der Waals surface area contributed by atoms with Gasteiger partial charge < -0.3 is 4.90 Å². The number of nitro groups is 1. The molecule has 0 N–H and O–H groups in total. The molecule has 2 amide bonds. The second-order valence-electron chi connectivity index (χ2n) is 9.02. The van der Waals surface area contributed by atoms with Crippen LogP contribution in [0.5, 0.6) is 0 Å². The van der Waals surface area contributed by atoms with Gasteiger partial charge in [-0.25, -0.2) is 0 Å². The second kappa shape index (κ2) is 10.1. The van der Waals surface area contributed by atoms with E-state index in [0.29, 0.717) is 39.3 Å². The van der Waals surface area contributed by atoms with Gasteiger partial charge in [-0.2, -0.15) is 4.37 Å². The number of nitro benzene ring substituents is 1. The van der Waals surface area contributed by atoms with Gasteiger partial charge in [0.25, 0.3) is 17.5 Å². The Kier molecular flexibility index (Phi) is 6.68. The molecular weight excluding hydrogens is 504 g/mol. The van der Waals surface area contributed by atoms with Crippen LogP contribution < -0.4 is 4.90 Å². The summed E-state index contributed by atoms with van der Waals surface area (Å²) >= 11 is 1.13. The zero-order chi connectivity index (χ0) is 27.0. The minimum Gasteiger partial charge on any atom is -0.367 e. The third-order valence-corrected chi connectivity index (χ3v) is 7.37. The predicted octanol–water partition coefficient (Wildman–Crippen LogP) is 6.44. The van der Waals surface area contributed by atoms with Gasteiger partial charge in [0, 0.05) is 42.3 Å². The molecule has 0 saturated heterocycles. The quantitative estimate of drug-likeness (QED) is 0.112. The van der Waals surface area contributed by atoms with Gasteiger partial charge in [0.15, 0.2) is 5.00 Å². The van der Waals surface area contributed by atoms with Gasteiger partial charge >= 0.3 is 0 Å². The van der Waals surface area contributed by atoms with Crippen molar-refractivity contribution in [2.45, 2.75) is 26.8 Å². The van der Waals surface area contributed by atoms with E-state index in [9.17, 15) is 19.7 Å². The summed E-state index contributed by atoms with van der Waals surface area (Å²) in [6.45, 7) is 6.89. The molecule has 1 atom stereocenters. The van der Waals surface area contributed by atoms with Crippen molar-refractivity contribution in [1.29, 1.82) is 0 Å². The molecule has 10 nitrogen and oxygen atoms in total. The van der Waals surface area contributed by atoms with E-state index in [2.05, 4.69) is 19.5 Å². The van der Waals surface area contributed by atoms with Gasteiger partial charge in [-0.05, 0) is 74.3 Å². The first kappa shape index (κ1) is 25.2. The summed E-state index contributed by atoms with van der Waals surface area (Å²) in [5.74, 6) is -0.525. The Hall–Kier alpha value is -4.51. The van der Waals surface area contributed by atoms with Crippen molar-refractivity contribution in [2.75, 3.05) is 18.0 Å². The maximum Gasteiger partial charge on any atom is 0.270 e. The summed E-state index contributed by atoms with van der Waals surface area (Å²) in [4.78, 5) is 39.8. The number of anilines is 1. The van der Waals surface area contributed by atoms with Crippen molar-refractivity contribution in [3.05, 3.63) is 87.5 Å². The zero-order valence-electron chi connectivity index (χ0n) is 21.0. The highest BCUT2D eigenvalue weighted by Gasteiger charge is 2.36. The Labute approximate surface area is 222 Å². The molecule has 1 aliphatic heterocycles. The highest BCUT2D eigenvalue weighted by Crippen LogP contribution is 2.35. The van der Waals surface area contributed by atoms with Crippen LogP contribution >= 0.6 is 11.5 Å². The molecule has 0 aliphatic carbocycles. The van der Waals surface area contributed by atoms with Gasteiger partial charge in [-0.15, -0.1) is 10.2 Å². The molecule has 192 valence electrons. The van der Waals surface area contributed by atoms with Gasteiger partial charge in [0.2, 0.25) is 0 Å². The van der Waals surface area contributed by atoms with E-state index in [0.717, 1.165) is 22.8 Å². The molecule has 1 unspecified atom stereocenters. The summed E-state index contributed by atoms with van der Waals surface area (Å²) in [5, 5.41) is 20.9. The average Bonchev–Trinajstić information content (AvgIpc) is 3.42. The summed E-state index contributed by atoms with van der Waals surface area (Å²) in [6, 6.07) is 17.0. The fraction of sp³-hybridized carbons (Fsp3) is 0.222. The largest absolute Gasteiger partial charge is 0.367 e.